The van der Waals surface area contributed by atoms with E-state index in [9.17, 15) is 0 Å². The van der Waals surface area contributed by atoms with Crippen LogP contribution in [0.3, 0.4) is 0 Å². The molecule has 1 heterocycles. The summed E-state index contributed by atoms with van der Waals surface area (Å²) in [7, 11) is 3.30. The predicted molar refractivity (Wildman–Crippen MR) is 80.8 cm³/mol. The third-order valence-corrected chi connectivity index (χ3v) is 3.58. The molecule has 0 fully saturated rings. The van der Waals surface area contributed by atoms with Crippen LogP contribution in [0.2, 0.25) is 0 Å². The second-order valence-corrected chi connectivity index (χ2v) is 5.05. The van der Waals surface area contributed by atoms with Gasteiger partial charge in [0.2, 0.25) is 5.13 Å². The molecule has 0 saturated heterocycles. The van der Waals surface area contributed by atoms with E-state index in [2.05, 4.69) is 21.6 Å². The van der Waals surface area contributed by atoms with Gasteiger partial charge in [-0.25, -0.2) is 4.98 Å². The van der Waals surface area contributed by atoms with E-state index in [0.29, 0.717) is 6.54 Å². The molecule has 0 aliphatic heterocycles. The van der Waals surface area contributed by atoms with Gasteiger partial charge in [0, 0.05) is 36.1 Å². The van der Waals surface area contributed by atoms with Gasteiger partial charge in [0.1, 0.15) is 17.3 Å². The van der Waals surface area contributed by atoms with Crippen molar-refractivity contribution in [2.45, 2.75) is 26.3 Å². The van der Waals surface area contributed by atoms with Gasteiger partial charge in [-0.15, -0.1) is 0 Å². The fourth-order valence-corrected chi connectivity index (χ4v) is 2.43. The Morgan fingerprint density at radius 2 is 2.10 bits per heavy atom. The average molecular weight is 293 g/mol. The summed E-state index contributed by atoms with van der Waals surface area (Å²) < 4.78 is 14.9. The van der Waals surface area contributed by atoms with Crippen molar-refractivity contribution in [3.05, 3.63) is 29.6 Å². The van der Waals surface area contributed by atoms with Crippen LogP contribution in [-0.2, 0) is 13.0 Å². The van der Waals surface area contributed by atoms with E-state index in [4.69, 9.17) is 9.47 Å². The summed E-state index contributed by atoms with van der Waals surface area (Å²) in [5, 5.41) is 4.12. The Balaban J connectivity index is 2.02. The SMILES string of the molecule is CCCc1nsc(NCc2ccc(OC)cc2OC)n1. The Kier molecular flexibility index (Phi) is 5.17. The number of ether oxygens (including phenoxy) is 2. The first-order valence-corrected chi connectivity index (χ1v) is 7.31. The molecule has 0 saturated carbocycles. The number of methoxy groups -OCH3 is 2. The van der Waals surface area contributed by atoms with Gasteiger partial charge in [-0.3, -0.25) is 0 Å². The number of benzene rings is 1. The zero-order chi connectivity index (χ0) is 14.4. The molecule has 0 spiro atoms. The number of aryl methyl sites for hydroxylation is 1. The molecule has 0 amide bonds. The van der Waals surface area contributed by atoms with Crippen LogP contribution in [0.1, 0.15) is 24.7 Å². The minimum Gasteiger partial charge on any atom is -0.497 e. The lowest BCUT2D eigenvalue weighted by Gasteiger charge is -2.10. The highest BCUT2D eigenvalue weighted by atomic mass is 32.1. The zero-order valence-electron chi connectivity index (χ0n) is 12.0. The molecule has 0 aliphatic rings. The molecule has 2 rings (SSSR count). The molecule has 108 valence electrons. The normalized spacial score (nSPS) is 10.3. The van der Waals surface area contributed by atoms with Crippen LogP contribution in [-0.4, -0.2) is 23.6 Å². The van der Waals surface area contributed by atoms with Crippen molar-refractivity contribution in [1.29, 1.82) is 0 Å². The summed E-state index contributed by atoms with van der Waals surface area (Å²) >= 11 is 1.39. The average Bonchev–Trinajstić information content (AvgIpc) is 2.93. The maximum atomic E-state index is 5.37. The van der Waals surface area contributed by atoms with E-state index in [1.807, 2.05) is 18.2 Å². The molecular weight excluding hydrogens is 274 g/mol. The van der Waals surface area contributed by atoms with Crippen LogP contribution < -0.4 is 14.8 Å². The number of hydrogen-bond acceptors (Lipinski definition) is 6. The number of nitrogens with zero attached hydrogens (tertiary/aromatic N) is 2. The van der Waals surface area contributed by atoms with E-state index in [-0.39, 0.29) is 0 Å². The van der Waals surface area contributed by atoms with Gasteiger partial charge < -0.3 is 14.8 Å². The molecule has 0 unspecified atom stereocenters. The fraction of sp³-hybridized carbons (Fsp3) is 0.429. The van der Waals surface area contributed by atoms with Crippen molar-refractivity contribution < 1.29 is 9.47 Å². The third-order valence-electron chi connectivity index (χ3n) is 2.87. The van der Waals surface area contributed by atoms with Gasteiger partial charge in [0.15, 0.2) is 0 Å². The highest BCUT2D eigenvalue weighted by molar-refractivity contribution is 7.09. The Labute approximate surface area is 123 Å². The maximum Gasteiger partial charge on any atom is 0.202 e. The molecule has 5 nitrogen and oxygen atoms in total. The summed E-state index contributed by atoms with van der Waals surface area (Å²) in [6, 6.07) is 5.78. The van der Waals surface area contributed by atoms with Crippen molar-refractivity contribution in [3.8, 4) is 11.5 Å². The van der Waals surface area contributed by atoms with E-state index in [0.717, 1.165) is 40.9 Å². The van der Waals surface area contributed by atoms with Gasteiger partial charge in [0.25, 0.3) is 0 Å². The first-order valence-electron chi connectivity index (χ1n) is 6.54. The van der Waals surface area contributed by atoms with Crippen LogP contribution >= 0.6 is 11.5 Å². The van der Waals surface area contributed by atoms with Crippen LogP contribution in [0.25, 0.3) is 0 Å². The van der Waals surface area contributed by atoms with Gasteiger partial charge in [0.05, 0.1) is 14.2 Å². The lowest BCUT2D eigenvalue weighted by atomic mass is 10.2. The van der Waals surface area contributed by atoms with Crippen LogP contribution in [0.5, 0.6) is 11.5 Å². The van der Waals surface area contributed by atoms with Crippen molar-refractivity contribution in [1.82, 2.24) is 9.36 Å². The molecule has 6 heteroatoms. The zero-order valence-corrected chi connectivity index (χ0v) is 12.8. The second kappa shape index (κ2) is 7.09. The first kappa shape index (κ1) is 14.6. The number of rotatable bonds is 7. The van der Waals surface area contributed by atoms with E-state index in [1.54, 1.807) is 14.2 Å². The lowest BCUT2D eigenvalue weighted by Crippen LogP contribution is -2.02. The summed E-state index contributed by atoms with van der Waals surface area (Å²) in [6.45, 7) is 2.77. The fourth-order valence-electron chi connectivity index (χ4n) is 1.82. The molecule has 0 atom stereocenters. The third kappa shape index (κ3) is 3.60. The number of aromatic nitrogens is 2. The molecule has 2 aromatic rings. The summed E-state index contributed by atoms with van der Waals surface area (Å²) in [5.74, 6) is 2.49. The minimum absolute atomic E-state index is 0.647. The molecule has 1 aromatic carbocycles. The molecule has 20 heavy (non-hydrogen) atoms. The Morgan fingerprint density at radius 3 is 2.80 bits per heavy atom. The largest absolute Gasteiger partial charge is 0.497 e. The van der Waals surface area contributed by atoms with Crippen LogP contribution in [0.4, 0.5) is 5.13 Å². The Morgan fingerprint density at radius 1 is 1.25 bits per heavy atom. The molecular formula is C14H19N3O2S. The number of anilines is 1. The smallest absolute Gasteiger partial charge is 0.202 e. The van der Waals surface area contributed by atoms with Crippen LogP contribution in [0, 0.1) is 0 Å². The summed E-state index contributed by atoms with van der Waals surface area (Å²) in [4.78, 5) is 4.44. The topological polar surface area (TPSA) is 56.3 Å². The monoisotopic (exact) mass is 293 g/mol. The van der Waals surface area contributed by atoms with Crippen molar-refractivity contribution >= 4 is 16.7 Å². The highest BCUT2D eigenvalue weighted by Gasteiger charge is 2.07. The van der Waals surface area contributed by atoms with E-state index in [1.165, 1.54) is 11.5 Å². The quantitative estimate of drug-likeness (QED) is 0.850. The molecule has 0 radical (unpaired) electrons. The highest BCUT2D eigenvalue weighted by Crippen LogP contribution is 2.25. The van der Waals surface area contributed by atoms with E-state index < -0.39 is 0 Å². The maximum absolute atomic E-state index is 5.37. The van der Waals surface area contributed by atoms with E-state index >= 15 is 0 Å². The van der Waals surface area contributed by atoms with Crippen LogP contribution in [0.15, 0.2) is 18.2 Å². The van der Waals surface area contributed by atoms with Gasteiger partial charge in [-0.2, -0.15) is 4.37 Å². The van der Waals surface area contributed by atoms with Crippen molar-refractivity contribution in [3.63, 3.8) is 0 Å². The minimum atomic E-state index is 0.647. The lowest BCUT2D eigenvalue weighted by molar-refractivity contribution is 0.391. The van der Waals surface area contributed by atoms with Crippen molar-refractivity contribution in [2.24, 2.45) is 0 Å². The standard InChI is InChI=1S/C14H19N3O2S/c1-4-5-13-16-14(20-17-13)15-9-10-6-7-11(18-2)8-12(10)19-3/h6-8H,4-5,9H2,1-3H3,(H,15,16,17). The Bertz CT molecular complexity index is 557. The molecule has 1 N–H and O–H groups in total. The summed E-state index contributed by atoms with van der Waals surface area (Å²) in [6.07, 6.45) is 1.98. The van der Waals surface area contributed by atoms with Gasteiger partial charge in [-0.05, 0) is 18.6 Å². The molecule has 1 aromatic heterocycles. The Hall–Kier alpha value is -1.82. The molecule has 0 aliphatic carbocycles. The van der Waals surface area contributed by atoms with Gasteiger partial charge in [-0.1, -0.05) is 6.92 Å². The summed E-state index contributed by atoms with van der Waals surface area (Å²) in [5.41, 5.74) is 1.06. The number of nitrogens with one attached hydrogen (secondary N) is 1. The number of hydrogen-bond donors (Lipinski definition) is 1. The predicted octanol–water partition coefficient (Wildman–Crippen LogP) is 3.12. The van der Waals surface area contributed by atoms with Crippen molar-refractivity contribution in [2.75, 3.05) is 19.5 Å². The second-order valence-electron chi connectivity index (χ2n) is 4.30. The van der Waals surface area contributed by atoms with Gasteiger partial charge >= 0.3 is 0 Å². The first-order chi connectivity index (χ1) is 9.76. The molecule has 0 bridgehead atoms.